The van der Waals surface area contributed by atoms with Crippen molar-refractivity contribution in [1.29, 1.82) is 0 Å². The fourth-order valence-corrected chi connectivity index (χ4v) is 4.05. The first-order chi connectivity index (χ1) is 17.4. The van der Waals surface area contributed by atoms with Gasteiger partial charge in [0.15, 0.2) is 0 Å². The Kier molecular flexibility index (Phi) is 8.86. The third kappa shape index (κ3) is 7.00. The molecule has 0 atom stereocenters. The first kappa shape index (κ1) is 26.0. The summed E-state index contributed by atoms with van der Waals surface area (Å²) in [6, 6.07) is 22.2. The Labute approximate surface area is 219 Å². The van der Waals surface area contributed by atoms with Gasteiger partial charge in [0.1, 0.15) is 23.9 Å². The van der Waals surface area contributed by atoms with Crippen LogP contribution in [0.1, 0.15) is 5.56 Å². The molecule has 0 spiro atoms. The van der Waals surface area contributed by atoms with Crippen LogP contribution in [-0.4, -0.2) is 73.8 Å². The summed E-state index contributed by atoms with van der Waals surface area (Å²) >= 11 is 5.97. The summed E-state index contributed by atoms with van der Waals surface area (Å²) in [4.78, 5) is 9.28. The molecule has 4 aromatic rings. The Morgan fingerprint density at radius 3 is 2.14 bits per heavy atom. The maximum atomic E-state index is 6.00. The molecular weight excluding hydrogens is 472 g/mol. The standard InChI is InChI=1S/C29H35ClN4O2/c1-32(2)16-17-34-28-21-26(36-20-18-33(3)4)13-14-27(28)31-29(34)23-7-11-25(12-8-23)35-19-15-22-5-9-24(30)10-6-22/h5-14,21H,15-20H2,1-4H3. The van der Waals surface area contributed by atoms with Gasteiger partial charge in [0.05, 0.1) is 17.6 Å². The van der Waals surface area contributed by atoms with Gasteiger partial charge in [-0.25, -0.2) is 4.98 Å². The van der Waals surface area contributed by atoms with E-state index < -0.39 is 0 Å². The number of aromatic nitrogens is 2. The molecule has 7 heteroatoms. The molecule has 0 saturated heterocycles. The summed E-state index contributed by atoms with van der Waals surface area (Å²) in [5.74, 6) is 2.66. The summed E-state index contributed by atoms with van der Waals surface area (Å²) in [7, 11) is 8.27. The van der Waals surface area contributed by atoms with Gasteiger partial charge >= 0.3 is 0 Å². The number of likely N-dealkylation sites (N-methyl/N-ethyl adjacent to an activating group) is 2. The molecule has 1 aromatic heterocycles. The van der Waals surface area contributed by atoms with E-state index in [4.69, 9.17) is 26.1 Å². The molecule has 0 fully saturated rings. The van der Waals surface area contributed by atoms with Crippen LogP contribution in [0.15, 0.2) is 66.7 Å². The van der Waals surface area contributed by atoms with Crippen molar-refractivity contribution in [2.45, 2.75) is 13.0 Å². The average molecular weight is 507 g/mol. The van der Waals surface area contributed by atoms with Crippen molar-refractivity contribution in [3.05, 3.63) is 77.3 Å². The molecule has 0 N–H and O–H groups in total. The number of imidazole rings is 1. The summed E-state index contributed by atoms with van der Waals surface area (Å²) in [5, 5.41) is 0.750. The van der Waals surface area contributed by atoms with E-state index in [9.17, 15) is 0 Å². The predicted octanol–water partition coefficient (Wildman–Crippen LogP) is 5.48. The van der Waals surface area contributed by atoms with Crippen molar-refractivity contribution >= 4 is 22.6 Å². The lowest BCUT2D eigenvalue weighted by molar-refractivity contribution is 0.261. The number of ether oxygens (including phenoxy) is 2. The molecule has 0 bridgehead atoms. The molecule has 6 nitrogen and oxygen atoms in total. The smallest absolute Gasteiger partial charge is 0.141 e. The largest absolute Gasteiger partial charge is 0.493 e. The monoisotopic (exact) mass is 506 g/mol. The van der Waals surface area contributed by atoms with Gasteiger partial charge in [-0.05, 0) is 82.3 Å². The first-order valence-corrected chi connectivity index (χ1v) is 12.7. The lowest BCUT2D eigenvalue weighted by atomic mass is 10.1. The van der Waals surface area contributed by atoms with E-state index in [2.05, 4.69) is 46.7 Å². The van der Waals surface area contributed by atoms with Crippen molar-refractivity contribution in [2.24, 2.45) is 0 Å². The summed E-state index contributed by atoms with van der Waals surface area (Å²) < 4.78 is 14.3. The van der Waals surface area contributed by atoms with Crippen LogP contribution in [0.4, 0.5) is 0 Å². The highest BCUT2D eigenvalue weighted by atomic mass is 35.5. The molecule has 3 aromatic carbocycles. The number of nitrogens with zero attached hydrogens (tertiary/aromatic N) is 4. The highest BCUT2D eigenvalue weighted by Crippen LogP contribution is 2.29. The Balaban J connectivity index is 1.51. The van der Waals surface area contributed by atoms with Crippen molar-refractivity contribution in [1.82, 2.24) is 19.4 Å². The zero-order valence-corrected chi connectivity index (χ0v) is 22.3. The van der Waals surface area contributed by atoms with Gasteiger partial charge < -0.3 is 23.8 Å². The van der Waals surface area contributed by atoms with Crippen molar-refractivity contribution < 1.29 is 9.47 Å². The molecule has 0 unspecified atom stereocenters. The zero-order valence-electron chi connectivity index (χ0n) is 21.6. The van der Waals surface area contributed by atoms with Crippen LogP contribution in [0.25, 0.3) is 22.4 Å². The third-order valence-corrected chi connectivity index (χ3v) is 6.23. The summed E-state index contributed by atoms with van der Waals surface area (Å²) in [6.45, 7) is 3.88. The molecule has 0 aliphatic carbocycles. The second kappa shape index (κ2) is 12.3. The van der Waals surface area contributed by atoms with Gasteiger partial charge in [0, 0.05) is 42.7 Å². The fourth-order valence-electron chi connectivity index (χ4n) is 3.92. The van der Waals surface area contributed by atoms with Crippen LogP contribution in [-0.2, 0) is 13.0 Å². The van der Waals surface area contributed by atoms with Crippen molar-refractivity contribution in [3.8, 4) is 22.9 Å². The van der Waals surface area contributed by atoms with Crippen LogP contribution >= 0.6 is 11.6 Å². The number of benzene rings is 3. The highest BCUT2D eigenvalue weighted by molar-refractivity contribution is 6.30. The van der Waals surface area contributed by atoms with Gasteiger partial charge in [0.2, 0.25) is 0 Å². The SMILES string of the molecule is CN(C)CCOc1ccc2nc(-c3ccc(OCCc4ccc(Cl)cc4)cc3)n(CCN(C)C)c2c1. The molecule has 4 rings (SSSR count). The minimum absolute atomic E-state index is 0.610. The zero-order chi connectivity index (χ0) is 25.5. The topological polar surface area (TPSA) is 42.8 Å². The van der Waals surface area contributed by atoms with E-state index in [0.717, 1.165) is 65.0 Å². The Hall–Kier alpha value is -3.06. The maximum absolute atomic E-state index is 6.00. The molecule has 0 aliphatic heterocycles. The van der Waals surface area contributed by atoms with E-state index in [-0.39, 0.29) is 0 Å². The van der Waals surface area contributed by atoms with Crippen LogP contribution in [0.2, 0.25) is 5.02 Å². The van der Waals surface area contributed by atoms with Crippen molar-refractivity contribution in [2.75, 3.05) is 54.5 Å². The minimum Gasteiger partial charge on any atom is -0.493 e. The number of hydrogen-bond acceptors (Lipinski definition) is 5. The fraction of sp³-hybridized carbons (Fsp3) is 0.345. The number of rotatable bonds is 12. The Morgan fingerprint density at radius 1 is 0.778 bits per heavy atom. The second-order valence-corrected chi connectivity index (χ2v) is 9.88. The summed E-state index contributed by atoms with van der Waals surface area (Å²) in [6.07, 6.45) is 0.832. The quantitative estimate of drug-likeness (QED) is 0.254. The number of hydrogen-bond donors (Lipinski definition) is 0. The Morgan fingerprint density at radius 2 is 1.44 bits per heavy atom. The third-order valence-electron chi connectivity index (χ3n) is 5.98. The van der Waals surface area contributed by atoms with Gasteiger partial charge in [0.25, 0.3) is 0 Å². The van der Waals surface area contributed by atoms with E-state index in [1.807, 2.05) is 62.6 Å². The molecule has 0 aliphatic rings. The molecule has 1 heterocycles. The molecule has 36 heavy (non-hydrogen) atoms. The van der Waals surface area contributed by atoms with E-state index in [1.165, 1.54) is 5.56 Å². The van der Waals surface area contributed by atoms with E-state index in [0.29, 0.717) is 13.2 Å². The molecule has 0 saturated carbocycles. The average Bonchev–Trinajstić information content (AvgIpc) is 3.22. The second-order valence-electron chi connectivity index (χ2n) is 9.44. The normalized spacial score (nSPS) is 11.5. The van der Waals surface area contributed by atoms with Gasteiger partial charge in [-0.1, -0.05) is 23.7 Å². The van der Waals surface area contributed by atoms with Gasteiger partial charge in [-0.3, -0.25) is 0 Å². The van der Waals surface area contributed by atoms with Crippen LogP contribution < -0.4 is 9.47 Å². The maximum Gasteiger partial charge on any atom is 0.141 e. The van der Waals surface area contributed by atoms with Crippen LogP contribution in [0.3, 0.4) is 0 Å². The van der Waals surface area contributed by atoms with E-state index in [1.54, 1.807) is 0 Å². The van der Waals surface area contributed by atoms with Gasteiger partial charge in [-0.15, -0.1) is 0 Å². The summed E-state index contributed by atoms with van der Waals surface area (Å²) in [5.41, 5.74) is 4.31. The molecule has 0 amide bonds. The first-order valence-electron chi connectivity index (χ1n) is 12.3. The van der Waals surface area contributed by atoms with E-state index >= 15 is 0 Å². The van der Waals surface area contributed by atoms with Crippen LogP contribution in [0, 0.1) is 0 Å². The highest BCUT2D eigenvalue weighted by Gasteiger charge is 2.14. The number of fused-ring (bicyclic) bond motifs is 1. The molecule has 190 valence electrons. The van der Waals surface area contributed by atoms with Crippen molar-refractivity contribution in [3.63, 3.8) is 0 Å². The lowest BCUT2D eigenvalue weighted by Crippen LogP contribution is -2.19. The molecule has 0 radical (unpaired) electrons. The Bertz CT molecular complexity index is 1250. The number of halogens is 1. The lowest BCUT2D eigenvalue weighted by Gasteiger charge is -2.15. The molecular formula is C29H35ClN4O2. The minimum atomic E-state index is 0.610. The van der Waals surface area contributed by atoms with Crippen LogP contribution in [0.5, 0.6) is 11.5 Å². The predicted molar refractivity (Wildman–Crippen MR) is 148 cm³/mol. The van der Waals surface area contributed by atoms with Gasteiger partial charge in [-0.2, -0.15) is 0 Å².